The van der Waals surface area contributed by atoms with E-state index in [1.807, 2.05) is 12.1 Å². The number of methoxy groups -OCH3 is 1. The van der Waals surface area contributed by atoms with Crippen molar-refractivity contribution in [2.45, 2.75) is 58.4 Å². The van der Waals surface area contributed by atoms with Gasteiger partial charge in [-0.15, -0.1) is 0 Å². The first-order chi connectivity index (χ1) is 11.9. The maximum Gasteiger partial charge on any atom is 0.307 e. The molecule has 0 aromatic heterocycles. The minimum Gasteiger partial charge on any atom is -0.484 e. The zero-order valence-electron chi connectivity index (χ0n) is 15.7. The Morgan fingerprint density at radius 1 is 1.28 bits per heavy atom. The lowest BCUT2D eigenvalue weighted by Gasteiger charge is -2.35. The summed E-state index contributed by atoms with van der Waals surface area (Å²) in [6.07, 6.45) is 3.08. The number of nitrogens with zero attached hydrogens (tertiary/aromatic N) is 1. The van der Waals surface area contributed by atoms with Crippen molar-refractivity contribution in [3.05, 3.63) is 29.3 Å². The number of amides is 1. The lowest BCUT2D eigenvalue weighted by molar-refractivity contribution is -0.145. The van der Waals surface area contributed by atoms with E-state index in [0.717, 1.165) is 19.3 Å². The summed E-state index contributed by atoms with van der Waals surface area (Å²) in [5.74, 6) is 0.824. The van der Waals surface area contributed by atoms with Gasteiger partial charge in [-0.2, -0.15) is 0 Å². The number of benzene rings is 1. The predicted molar refractivity (Wildman–Crippen MR) is 96.7 cm³/mol. The molecule has 0 N–H and O–H groups in total. The van der Waals surface area contributed by atoms with Gasteiger partial charge in [0.05, 0.1) is 13.5 Å². The Morgan fingerprint density at radius 2 is 2.04 bits per heavy atom. The molecule has 5 nitrogen and oxygen atoms in total. The van der Waals surface area contributed by atoms with Crippen molar-refractivity contribution in [1.82, 2.24) is 4.90 Å². The molecule has 0 aliphatic carbocycles. The van der Waals surface area contributed by atoms with Gasteiger partial charge in [0, 0.05) is 12.6 Å². The molecule has 1 aromatic rings. The van der Waals surface area contributed by atoms with Crippen molar-refractivity contribution >= 4 is 11.9 Å². The fourth-order valence-electron chi connectivity index (χ4n) is 3.43. The summed E-state index contributed by atoms with van der Waals surface area (Å²) >= 11 is 0. The lowest BCUT2D eigenvalue weighted by Crippen LogP contribution is -2.46. The van der Waals surface area contributed by atoms with E-state index >= 15 is 0 Å². The highest BCUT2D eigenvalue weighted by molar-refractivity contribution is 5.79. The van der Waals surface area contributed by atoms with Crippen LogP contribution in [0.4, 0.5) is 0 Å². The maximum absolute atomic E-state index is 12.6. The standard InChI is InChI=1S/C20H29NO4/c1-14(2)18-9-8-17(11-15(18)3)25-13-19(22)21-10-6-5-7-16(21)12-20(23)24-4/h8-9,11,14,16H,5-7,10,12-13H2,1-4H3/t16-/m1/s1. The highest BCUT2D eigenvalue weighted by Crippen LogP contribution is 2.24. The van der Waals surface area contributed by atoms with E-state index in [1.54, 1.807) is 4.90 Å². The summed E-state index contributed by atoms with van der Waals surface area (Å²) in [6.45, 7) is 7.04. The Balaban J connectivity index is 1.96. The lowest BCUT2D eigenvalue weighted by atomic mass is 9.98. The highest BCUT2D eigenvalue weighted by atomic mass is 16.5. The van der Waals surface area contributed by atoms with E-state index in [2.05, 4.69) is 26.8 Å². The summed E-state index contributed by atoms with van der Waals surface area (Å²) in [7, 11) is 1.38. The first kappa shape index (κ1) is 19.3. The molecule has 138 valence electrons. The van der Waals surface area contributed by atoms with Crippen LogP contribution >= 0.6 is 0 Å². The number of ether oxygens (including phenoxy) is 2. The van der Waals surface area contributed by atoms with E-state index < -0.39 is 0 Å². The second kappa shape index (κ2) is 8.88. The first-order valence-corrected chi connectivity index (χ1v) is 9.02. The molecule has 1 saturated heterocycles. The van der Waals surface area contributed by atoms with Crippen LogP contribution in [0.25, 0.3) is 0 Å². The van der Waals surface area contributed by atoms with Gasteiger partial charge in [-0.3, -0.25) is 9.59 Å². The van der Waals surface area contributed by atoms with E-state index in [1.165, 1.54) is 18.2 Å². The van der Waals surface area contributed by atoms with Gasteiger partial charge in [0.2, 0.25) is 0 Å². The van der Waals surface area contributed by atoms with Gasteiger partial charge in [-0.05, 0) is 55.4 Å². The van der Waals surface area contributed by atoms with Gasteiger partial charge < -0.3 is 14.4 Å². The average molecular weight is 347 g/mol. The molecule has 1 fully saturated rings. The fraction of sp³-hybridized carbons (Fsp3) is 0.600. The van der Waals surface area contributed by atoms with E-state index in [9.17, 15) is 9.59 Å². The average Bonchev–Trinajstić information content (AvgIpc) is 2.59. The number of carbonyl (C=O) groups is 2. The molecule has 0 bridgehead atoms. The largest absolute Gasteiger partial charge is 0.484 e. The third-order valence-corrected chi connectivity index (χ3v) is 4.80. The number of carbonyl (C=O) groups excluding carboxylic acids is 2. The molecule has 0 spiro atoms. The molecule has 5 heteroatoms. The van der Waals surface area contributed by atoms with Crippen LogP contribution in [0.15, 0.2) is 18.2 Å². The summed E-state index contributed by atoms with van der Waals surface area (Å²) in [5.41, 5.74) is 2.45. The second-order valence-electron chi connectivity index (χ2n) is 6.98. The molecule has 0 saturated carbocycles. The zero-order valence-corrected chi connectivity index (χ0v) is 15.7. The maximum atomic E-state index is 12.6. The van der Waals surface area contributed by atoms with Crippen LogP contribution in [0.3, 0.4) is 0 Å². The van der Waals surface area contributed by atoms with Gasteiger partial charge in [0.25, 0.3) is 5.91 Å². The van der Waals surface area contributed by atoms with Crippen molar-refractivity contribution in [2.24, 2.45) is 0 Å². The number of rotatable bonds is 6. The molecular formula is C20H29NO4. The Hall–Kier alpha value is -2.04. The quantitative estimate of drug-likeness (QED) is 0.740. The van der Waals surface area contributed by atoms with Crippen LogP contribution in [0.1, 0.15) is 56.6 Å². The molecule has 0 radical (unpaired) electrons. The summed E-state index contributed by atoms with van der Waals surface area (Å²) in [6, 6.07) is 5.87. The minimum absolute atomic E-state index is 0.00185. The van der Waals surface area contributed by atoms with Gasteiger partial charge in [-0.25, -0.2) is 0 Å². The number of piperidine rings is 1. The van der Waals surface area contributed by atoms with Crippen LogP contribution in [0, 0.1) is 6.92 Å². The van der Waals surface area contributed by atoms with Crippen molar-refractivity contribution in [3.63, 3.8) is 0 Å². The van der Waals surface area contributed by atoms with Crippen molar-refractivity contribution in [2.75, 3.05) is 20.3 Å². The summed E-state index contributed by atoms with van der Waals surface area (Å²) in [4.78, 5) is 25.9. The number of aryl methyl sites for hydroxylation is 1. The zero-order chi connectivity index (χ0) is 18.4. The van der Waals surface area contributed by atoms with E-state index in [0.29, 0.717) is 18.2 Å². The van der Waals surface area contributed by atoms with Gasteiger partial charge in [-0.1, -0.05) is 19.9 Å². The van der Waals surface area contributed by atoms with Crippen LogP contribution in [-0.2, 0) is 14.3 Å². The Labute approximate surface area is 150 Å². The Bertz CT molecular complexity index is 612. The summed E-state index contributed by atoms with van der Waals surface area (Å²) < 4.78 is 10.5. The third kappa shape index (κ3) is 5.21. The molecule has 25 heavy (non-hydrogen) atoms. The van der Waals surface area contributed by atoms with Gasteiger partial charge >= 0.3 is 5.97 Å². The van der Waals surface area contributed by atoms with Crippen LogP contribution in [-0.4, -0.2) is 43.1 Å². The SMILES string of the molecule is COC(=O)C[C@H]1CCCCN1C(=O)COc1ccc(C(C)C)c(C)c1. The van der Waals surface area contributed by atoms with Crippen LogP contribution < -0.4 is 4.74 Å². The van der Waals surface area contributed by atoms with E-state index in [-0.39, 0.29) is 30.9 Å². The normalized spacial score (nSPS) is 17.5. The van der Waals surface area contributed by atoms with Crippen molar-refractivity contribution < 1.29 is 19.1 Å². The van der Waals surface area contributed by atoms with Crippen LogP contribution in [0.2, 0.25) is 0 Å². The molecule has 2 rings (SSSR count). The smallest absolute Gasteiger partial charge is 0.307 e. The molecule has 1 amide bonds. The number of hydrogen-bond acceptors (Lipinski definition) is 4. The van der Waals surface area contributed by atoms with Crippen molar-refractivity contribution in [3.8, 4) is 5.75 Å². The predicted octanol–water partition coefficient (Wildman–Crippen LogP) is 3.44. The molecule has 1 heterocycles. The van der Waals surface area contributed by atoms with Gasteiger partial charge in [0.1, 0.15) is 5.75 Å². The Morgan fingerprint density at radius 3 is 2.68 bits per heavy atom. The molecule has 1 aromatic carbocycles. The number of hydrogen-bond donors (Lipinski definition) is 0. The first-order valence-electron chi connectivity index (χ1n) is 9.02. The topological polar surface area (TPSA) is 55.8 Å². The monoisotopic (exact) mass is 347 g/mol. The summed E-state index contributed by atoms with van der Waals surface area (Å²) in [5, 5.41) is 0. The van der Waals surface area contributed by atoms with Crippen molar-refractivity contribution in [1.29, 1.82) is 0 Å². The minimum atomic E-state index is -0.273. The fourth-order valence-corrected chi connectivity index (χ4v) is 3.43. The number of likely N-dealkylation sites (tertiary alicyclic amines) is 1. The van der Waals surface area contributed by atoms with E-state index in [4.69, 9.17) is 9.47 Å². The molecule has 1 aliphatic heterocycles. The third-order valence-electron chi connectivity index (χ3n) is 4.80. The van der Waals surface area contributed by atoms with Crippen LogP contribution in [0.5, 0.6) is 5.75 Å². The van der Waals surface area contributed by atoms with Gasteiger partial charge in [0.15, 0.2) is 6.61 Å². The molecule has 0 unspecified atom stereocenters. The Kier molecular flexibility index (Phi) is 6.85. The number of esters is 1. The second-order valence-corrected chi connectivity index (χ2v) is 6.98. The molecule has 1 atom stereocenters. The molecular weight excluding hydrogens is 318 g/mol. The molecule has 1 aliphatic rings. The highest BCUT2D eigenvalue weighted by Gasteiger charge is 2.29.